The van der Waals surface area contributed by atoms with E-state index in [0.29, 0.717) is 5.88 Å². The van der Waals surface area contributed by atoms with E-state index in [9.17, 15) is 0 Å². The van der Waals surface area contributed by atoms with Gasteiger partial charge in [-0.3, -0.25) is 0 Å². The van der Waals surface area contributed by atoms with Crippen molar-refractivity contribution in [1.82, 2.24) is 0 Å². The molecule has 5 heteroatoms. The molecule has 0 fully saturated rings. The lowest BCUT2D eigenvalue weighted by Crippen LogP contribution is -2.24. The van der Waals surface area contributed by atoms with Gasteiger partial charge in [-0.05, 0) is 67.0 Å². The lowest BCUT2D eigenvalue weighted by Gasteiger charge is -2.17. The fraction of sp³-hybridized carbons (Fsp3) is 0.250. The largest absolute Gasteiger partial charge is 0.532 e. The molecule has 0 radical (unpaired) electrons. The summed E-state index contributed by atoms with van der Waals surface area (Å²) in [5.74, 6) is 0.486. The number of benzene rings is 1. The second-order valence-corrected chi connectivity index (χ2v) is 11.0. The quantitative estimate of drug-likeness (QED) is 0.295. The molecular formula is C12H15BrINOSi. The highest BCUT2D eigenvalue weighted by Crippen LogP contribution is 2.17. The van der Waals surface area contributed by atoms with Crippen molar-refractivity contribution in [3.05, 3.63) is 44.3 Å². The third-order valence-electron chi connectivity index (χ3n) is 1.73. The van der Waals surface area contributed by atoms with Crippen LogP contribution in [0.4, 0.5) is 0 Å². The molecular weight excluding hydrogens is 409 g/mol. The summed E-state index contributed by atoms with van der Waals surface area (Å²) in [4.78, 5) is 4.25. The van der Waals surface area contributed by atoms with Crippen LogP contribution in [0.25, 0.3) is 0 Å². The average molecular weight is 424 g/mol. The summed E-state index contributed by atoms with van der Waals surface area (Å²) in [6.45, 7) is 10.1. The highest BCUT2D eigenvalue weighted by molar-refractivity contribution is 14.1. The number of nitrogens with zero attached hydrogens (tertiary/aromatic N) is 1. The van der Waals surface area contributed by atoms with Gasteiger partial charge in [-0.25, -0.2) is 4.99 Å². The molecule has 0 N–H and O–H groups in total. The lowest BCUT2D eigenvalue weighted by molar-refractivity contribution is 0.421. The maximum absolute atomic E-state index is 5.66. The fourth-order valence-electron chi connectivity index (χ4n) is 1.13. The number of halogens is 2. The molecule has 0 aliphatic rings. The van der Waals surface area contributed by atoms with Crippen molar-refractivity contribution < 1.29 is 4.43 Å². The zero-order valence-electron chi connectivity index (χ0n) is 10.1. The number of hydrogen-bond acceptors (Lipinski definition) is 2. The molecule has 2 nitrogen and oxygen atoms in total. The first kappa shape index (κ1) is 14.9. The Morgan fingerprint density at radius 1 is 1.47 bits per heavy atom. The molecule has 0 spiro atoms. The number of hydrogen-bond donors (Lipinski definition) is 0. The van der Waals surface area contributed by atoms with Crippen LogP contribution in [0.3, 0.4) is 0 Å². The minimum atomic E-state index is -1.61. The smallest absolute Gasteiger partial charge is 0.244 e. The van der Waals surface area contributed by atoms with E-state index in [1.165, 1.54) is 0 Å². The zero-order chi connectivity index (χ0) is 13.1. The van der Waals surface area contributed by atoms with E-state index >= 15 is 0 Å². The highest BCUT2D eigenvalue weighted by atomic mass is 127. The van der Waals surface area contributed by atoms with Gasteiger partial charge in [0.1, 0.15) is 0 Å². The summed E-state index contributed by atoms with van der Waals surface area (Å²) in [5, 5.41) is 0. The number of aliphatic imine (C=N–C) groups is 1. The average Bonchev–Trinajstić information content (AvgIpc) is 2.17. The van der Waals surface area contributed by atoms with Crippen molar-refractivity contribution >= 4 is 53.1 Å². The van der Waals surface area contributed by atoms with E-state index in [4.69, 9.17) is 4.43 Å². The first-order valence-corrected chi connectivity index (χ1v) is 10.4. The topological polar surface area (TPSA) is 21.6 Å². The molecule has 0 saturated heterocycles. The molecule has 0 unspecified atom stereocenters. The molecule has 92 valence electrons. The van der Waals surface area contributed by atoms with Crippen LogP contribution in [0.2, 0.25) is 19.6 Å². The standard InChI is InChI=1S/C12H15BrINOSi/c1-9(16-17(2,3)4)15-8-10-7-11(13)5-6-12(10)14/h5-8H,1H2,2-4H3. The second kappa shape index (κ2) is 6.15. The van der Waals surface area contributed by atoms with E-state index in [-0.39, 0.29) is 0 Å². The van der Waals surface area contributed by atoms with Gasteiger partial charge < -0.3 is 4.43 Å². The van der Waals surface area contributed by atoms with Gasteiger partial charge >= 0.3 is 0 Å². The van der Waals surface area contributed by atoms with Gasteiger partial charge in [-0.1, -0.05) is 15.9 Å². The Morgan fingerprint density at radius 3 is 2.71 bits per heavy atom. The normalized spacial score (nSPS) is 11.8. The highest BCUT2D eigenvalue weighted by Gasteiger charge is 2.16. The van der Waals surface area contributed by atoms with Gasteiger partial charge in [0.2, 0.25) is 8.32 Å². The SMILES string of the molecule is C=C(N=Cc1cc(Br)ccc1I)O[Si](C)(C)C. The van der Waals surface area contributed by atoms with Crippen LogP contribution in [0, 0.1) is 3.57 Å². The predicted molar refractivity (Wildman–Crippen MR) is 88.0 cm³/mol. The minimum absolute atomic E-state index is 0.486. The molecule has 1 aromatic rings. The van der Waals surface area contributed by atoms with Crippen LogP contribution in [0.5, 0.6) is 0 Å². The van der Waals surface area contributed by atoms with E-state index in [1.54, 1.807) is 6.21 Å². The Morgan fingerprint density at radius 2 is 2.12 bits per heavy atom. The predicted octanol–water partition coefficient (Wildman–Crippen LogP) is 4.80. The van der Waals surface area contributed by atoms with Crippen molar-refractivity contribution in [1.29, 1.82) is 0 Å². The molecule has 1 rings (SSSR count). The maximum atomic E-state index is 5.66. The Hall–Kier alpha value is -0.143. The summed E-state index contributed by atoms with van der Waals surface area (Å²) in [6.07, 6.45) is 1.79. The summed E-state index contributed by atoms with van der Waals surface area (Å²) < 4.78 is 7.85. The van der Waals surface area contributed by atoms with Crippen LogP contribution < -0.4 is 0 Å². The summed E-state index contributed by atoms with van der Waals surface area (Å²) in [6, 6.07) is 6.06. The van der Waals surface area contributed by atoms with Gasteiger partial charge in [-0.2, -0.15) is 0 Å². The van der Waals surface area contributed by atoms with Crippen LogP contribution in [-0.2, 0) is 4.43 Å². The third-order valence-corrected chi connectivity index (χ3v) is 4.05. The van der Waals surface area contributed by atoms with Crippen molar-refractivity contribution in [3.63, 3.8) is 0 Å². The summed E-state index contributed by atoms with van der Waals surface area (Å²) in [7, 11) is -1.61. The molecule has 0 amide bonds. The Kier molecular flexibility index (Phi) is 5.40. The summed E-state index contributed by atoms with van der Waals surface area (Å²) in [5.41, 5.74) is 1.06. The second-order valence-electron chi connectivity index (χ2n) is 4.53. The molecule has 1 aromatic carbocycles. The minimum Gasteiger partial charge on any atom is -0.532 e. The van der Waals surface area contributed by atoms with Crippen LogP contribution in [-0.4, -0.2) is 14.5 Å². The van der Waals surface area contributed by atoms with Crippen molar-refractivity contribution in [3.8, 4) is 0 Å². The van der Waals surface area contributed by atoms with Gasteiger partial charge in [0.25, 0.3) is 0 Å². The summed E-state index contributed by atoms with van der Waals surface area (Å²) >= 11 is 5.72. The van der Waals surface area contributed by atoms with Gasteiger partial charge in [0.05, 0.1) is 0 Å². The fourth-order valence-corrected chi connectivity index (χ4v) is 2.75. The molecule has 0 aliphatic heterocycles. The zero-order valence-corrected chi connectivity index (χ0v) is 14.9. The Labute approximate surface area is 126 Å². The molecule has 0 atom stereocenters. The van der Waals surface area contributed by atoms with Crippen LogP contribution in [0.1, 0.15) is 5.56 Å². The Bertz CT molecular complexity index is 454. The van der Waals surface area contributed by atoms with Crippen LogP contribution in [0.15, 0.2) is 40.1 Å². The van der Waals surface area contributed by atoms with Gasteiger partial charge in [0.15, 0.2) is 5.88 Å². The van der Waals surface area contributed by atoms with Crippen molar-refractivity contribution in [2.75, 3.05) is 0 Å². The molecule has 0 aliphatic carbocycles. The molecule has 0 bridgehead atoms. The first-order valence-electron chi connectivity index (χ1n) is 5.15. The van der Waals surface area contributed by atoms with Crippen molar-refractivity contribution in [2.24, 2.45) is 4.99 Å². The molecule has 0 heterocycles. The van der Waals surface area contributed by atoms with E-state index in [2.05, 4.69) is 69.7 Å². The molecule has 17 heavy (non-hydrogen) atoms. The van der Waals surface area contributed by atoms with Crippen LogP contribution >= 0.6 is 38.5 Å². The van der Waals surface area contributed by atoms with Gasteiger partial charge in [-0.15, -0.1) is 0 Å². The maximum Gasteiger partial charge on any atom is 0.244 e. The van der Waals surface area contributed by atoms with Crippen molar-refractivity contribution in [2.45, 2.75) is 19.6 Å². The van der Waals surface area contributed by atoms with E-state index in [1.807, 2.05) is 18.2 Å². The Balaban J connectivity index is 2.77. The lowest BCUT2D eigenvalue weighted by atomic mass is 10.2. The molecule has 0 aromatic heterocycles. The molecule has 0 saturated carbocycles. The number of rotatable bonds is 4. The third kappa shape index (κ3) is 5.83. The first-order chi connectivity index (χ1) is 7.78. The van der Waals surface area contributed by atoms with Gasteiger partial charge in [0, 0.05) is 19.8 Å². The van der Waals surface area contributed by atoms with E-state index in [0.717, 1.165) is 13.6 Å². The van der Waals surface area contributed by atoms with E-state index < -0.39 is 8.32 Å². The monoisotopic (exact) mass is 423 g/mol.